The lowest BCUT2D eigenvalue weighted by molar-refractivity contribution is 0.113. The van der Waals surface area contributed by atoms with Gasteiger partial charge in [-0.25, -0.2) is 0 Å². The fraction of sp³-hybridized carbons (Fsp3) is 0.585. The van der Waals surface area contributed by atoms with Crippen LogP contribution in [0.5, 0.6) is 0 Å². The van der Waals surface area contributed by atoms with Crippen LogP contribution in [0.15, 0.2) is 135 Å². The van der Waals surface area contributed by atoms with E-state index in [-0.39, 0.29) is 47.3 Å². The summed E-state index contributed by atoms with van der Waals surface area (Å²) in [5.74, 6) is -1.06. The number of nitrogens with zero attached hydrogens (tertiary/aromatic N) is 4. The Morgan fingerprint density at radius 2 is 0.756 bits per heavy atom. The molecule has 4 heteroatoms. The molecule has 12 rings (SSSR count). The molecular weight excluding hydrogens is 1040 g/mol. The molecule has 8 saturated carbocycles. The number of hydrogen-bond donors (Lipinski definition) is 0. The summed E-state index contributed by atoms with van der Waals surface area (Å²) in [6.07, 6.45) is 15.1. The Balaban J connectivity index is 0.000000158. The van der Waals surface area contributed by atoms with Gasteiger partial charge >= 0.3 is 0 Å². The van der Waals surface area contributed by atoms with Crippen molar-refractivity contribution < 1.29 is 21.9 Å². The van der Waals surface area contributed by atoms with Crippen LogP contribution in [0.1, 0.15) is 296 Å². The van der Waals surface area contributed by atoms with Gasteiger partial charge in [-0.2, -0.15) is 21.0 Å². The second-order valence-electron chi connectivity index (χ2n) is 26.1. The van der Waals surface area contributed by atoms with Crippen LogP contribution < -0.4 is 0 Å². The molecule has 0 N–H and O–H groups in total. The molecule has 0 amide bonds. The summed E-state index contributed by atoms with van der Waals surface area (Å²) in [6, 6.07) is 35.4. The lowest BCUT2D eigenvalue weighted by atomic mass is 9.63. The number of fused-ring (bicyclic) bond motifs is 4. The molecule has 16 unspecified atom stereocenters. The van der Waals surface area contributed by atoms with Crippen LogP contribution in [0.3, 0.4) is 0 Å². The molecule has 8 fully saturated rings. The Bertz CT molecular complexity index is 3670. The van der Waals surface area contributed by atoms with E-state index in [1.54, 1.807) is 97.1 Å². The minimum absolute atomic E-state index is 0.0654. The molecule has 8 aliphatic rings. The van der Waals surface area contributed by atoms with Crippen molar-refractivity contribution in [1.82, 2.24) is 0 Å². The molecule has 8 aliphatic carbocycles. The van der Waals surface area contributed by atoms with Gasteiger partial charge in [0.15, 0.2) is 0 Å². The number of rotatable bonds is 13. The minimum atomic E-state index is -1.60. The van der Waals surface area contributed by atoms with Gasteiger partial charge in [-0.3, -0.25) is 0 Å². The fourth-order valence-electron chi connectivity index (χ4n) is 15.4. The van der Waals surface area contributed by atoms with Crippen molar-refractivity contribution in [1.29, 1.82) is 21.0 Å². The number of benzene rings is 4. The van der Waals surface area contributed by atoms with Crippen molar-refractivity contribution >= 4 is 0 Å². The molecule has 4 aromatic carbocycles. The zero-order chi connectivity index (χ0) is 74.4. The van der Waals surface area contributed by atoms with Gasteiger partial charge in [0, 0.05) is 21.9 Å². The first kappa shape index (κ1) is 46.2. The summed E-state index contributed by atoms with van der Waals surface area (Å²) in [4.78, 5) is 0. The molecule has 0 aliphatic heterocycles. The molecule has 4 nitrogen and oxygen atoms in total. The van der Waals surface area contributed by atoms with E-state index < -0.39 is 74.7 Å². The van der Waals surface area contributed by atoms with Crippen molar-refractivity contribution in [2.45, 2.75) is 230 Å². The van der Waals surface area contributed by atoms with Gasteiger partial charge in [-0.1, -0.05) is 118 Å². The SMILES string of the molecule is [2H]C1([2H])CC2CC(/C=C/C)CCC2C([2H])([2H])C1c1ccc(C#N)cc1.[2H]C1([2H])CC2CC(C=C)CCC2C([2H])([2H])C1c1ccc(C#N)cc1.[2H]C1([2H])CC2CC(CCC=C)CCC2C([2H])([2H])C1c1ccc(C#N)cc1.[2H]C1([2H])CC2CC(CCCCC)CCC2C([2H])([2H])C1c1ccc(C#N)cc1. The highest BCUT2D eigenvalue weighted by Gasteiger charge is 2.39. The van der Waals surface area contributed by atoms with Crippen LogP contribution >= 0.6 is 0 Å². The summed E-state index contributed by atoms with van der Waals surface area (Å²) < 4.78 is 140. The standard InChI is InChI=1S/C22H31N.C21H27N.C20H25N.C19H23N/c1-2-3-4-5-17-6-11-22-15-21(13-12-20(22)14-17)19-9-7-18(16-23)8-10-19;1-2-3-4-16-5-10-21-14-20(12-11-19(21)13-16)18-8-6-17(15-22)7-9-18;1-2-3-15-4-9-20-13-19(11-10-18(20)12-15)17-7-5-16(14-21)6-8-17;1-2-14-3-8-19-12-18(10-9-17(19)11-14)16-6-4-15(13-20)5-7-16/h7-10,17,20-22H,2-6,11-15H2,1H3;2,6-9,16,19-21H,1,3-5,10-14H2;2-3,5-8,15,18-20H,4,9-13H2,1H3;2,4-7,14,17-19H,1,3,8-12H2/b;;3-2+;/i13D2,15D2;12D2,14D2;11D2,13D2;10D2,12D2. The van der Waals surface area contributed by atoms with Crippen LogP contribution in [-0.2, 0) is 0 Å². The van der Waals surface area contributed by atoms with E-state index in [1.807, 2.05) is 19.1 Å². The molecule has 86 heavy (non-hydrogen) atoms. The maximum absolute atomic E-state index is 9.00. The molecule has 0 radical (unpaired) electrons. The quantitative estimate of drug-likeness (QED) is 0.0984. The van der Waals surface area contributed by atoms with E-state index in [9.17, 15) is 0 Å². The number of nitriles is 4. The maximum atomic E-state index is 9.00. The van der Waals surface area contributed by atoms with E-state index in [2.05, 4.69) is 56.5 Å². The fourth-order valence-corrected chi connectivity index (χ4v) is 15.4. The molecular formula is C82H106N4. The summed E-state index contributed by atoms with van der Waals surface area (Å²) in [5.41, 5.74) is 4.77. The minimum Gasteiger partial charge on any atom is -0.192 e. The molecule has 0 saturated heterocycles. The highest BCUT2D eigenvalue weighted by atomic mass is 14.4. The van der Waals surface area contributed by atoms with E-state index >= 15 is 0 Å². The molecule has 0 heterocycles. The van der Waals surface area contributed by atoms with E-state index in [0.717, 1.165) is 89.9 Å². The monoisotopic (exact) mass is 1160 g/mol. The number of allylic oxidation sites excluding steroid dienone is 4. The molecule has 0 spiro atoms. The van der Waals surface area contributed by atoms with E-state index in [0.29, 0.717) is 93.9 Å². The zero-order valence-electron chi connectivity index (χ0n) is 67.5. The van der Waals surface area contributed by atoms with Gasteiger partial charge in [0.25, 0.3) is 0 Å². The van der Waals surface area contributed by atoms with Gasteiger partial charge in [0.05, 0.1) is 46.5 Å². The van der Waals surface area contributed by atoms with Gasteiger partial charge in [0.2, 0.25) is 0 Å². The first-order chi connectivity index (χ1) is 48.2. The highest BCUT2D eigenvalue weighted by Crippen LogP contribution is 2.52. The van der Waals surface area contributed by atoms with Crippen molar-refractivity contribution in [3.63, 3.8) is 0 Å². The van der Waals surface area contributed by atoms with Crippen LogP contribution in [0.25, 0.3) is 0 Å². The molecule has 16 atom stereocenters. The Kier molecular flexibility index (Phi) is 18.0. The second-order valence-corrected chi connectivity index (χ2v) is 26.1. The Morgan fingerprint density at radius 1 is 0.419 bits per heavy atom. The third kappa shape index (κ3) is 18.1. The molecule has 0 bridgehead atoms. The topological polar surface area (TPSA) is 95.2 Å². The van der Waals surface area contributed by atoms with E-state index in [4.69, 9.17) is 43.0 Å². The smallest absolute Gasteiger partial charge is 0.0991 e. The van der Waals surface area contributed by atoms with Crippen molar-refractivity contribution in [3.05, 3.63) is 179 Å². The van der Waals surface area contributed by atoms with Crippen molar-refractivity contribution in [3.8, 4) is 24.3 Å². The van der Waals surface area contributed by atoms with Gasteiger partial charge < -0.3 is 0 Å². The molecule has 0 aromatic heterocycles. The lowest BCUT2D eigenvalue weighted by Gasteiger charge is -2.42. The summed E-state index contributed by atoms with van der Waals surface area (Å²) in [6.45, 7) is 11.9. The van der Waals surface area contributed by atoms with Crippen LogP contribution in [0.2, 0.25) is 0 Å². The predicted molar refractivity (Wildman–Crippen MR) is 357 cm³/mol. The average molecular weight is 1160 g/mol. The van der Waals surface area contributed by atoms with Crippen LogP contribution in [-0.4, -0.2) is 0 Å². The predicted octanol–water partition coefficient (Wildman–Crippen LogP) is 22.7. The average Bonchev–Trinajstić information content (AvgIpc) is 0.753. The summed E-state index contributed by atoms with van der Waals surface area (Å²) >= 11 is 0. The molecule has 4 aromatic rings. The van der Waals surface area contributed by atoms with Crippen molar-refractivity contribution in [2.75, 3.05) is 0 Å². The van der Waals surface area contributed by atoms with Gasteiger partial charge in [-0.05, 0) is 326 Å². The largest absolute Gasteiger partial charge is 0.192 e. The third-order valence-electron chi connectivity index (χ3n) is 20.4. The lowest BCUT2D eigenvalue weighted by Crippen LogP contribution is -2.30. The highest BCUT2D eigenvalue weighted by molar-refractivity contribution is 5.36. The molecule has 454 valence electrons. The van der Waals surface area contributed by atoms with Crippen LogP contribution in [0.4, 0.5) is 0 Å². The maximum Gasteiger partial charge on any atom is 0.0991 e. The van der Waals surface area contributed by atoms with Crippen molar-refractivity contribution in [2.24, 2.45) is 71.0 Å². The zero-order valence-corrected chi connectivity index (χ0v) is 51.5. The summed E-state index contributed by atoms with van der Waals surface area (Å²) in [5, 5.41) is 35.9. The number of hydrogen-bond acceptors (Lipinski definition) is 4. The Morgan fingerprint density at radius 3 is 1.09 bits per heavy atom. The third-order valence-corrected chi connectivity index (χ3v) is 20.4. The second kappa shape index (κ2) is 33.4. The van der Waals surface area contributed by atoms with Crippen LogP contribution in [0, 0.1) is 116 Å². The first-order valence-electron chi connectivity index (χ1n) is 41.0. The summed E-state index contributed by atoms with van der Waals surface area (Å²) in [7, 11) is 0. The Labute approximate surface area is 545 Å². The van der Waals surface area contributed by atoms with E-state index in [1.165, 1.54) is 25.7 Å². The normalized spacial score (nSPS) is 39.1. The first-order valence-corrected chi connectivity index (χ1v) is 33.0. The number of unbranched alkanes of at least 4 members (excludes halogenated alkanes) is 2. The Hall–Kier alpha value is -5.94. The van der Waals surface area contributed by atoms with Gasteiger partial charge in [0.1, 0.15) is 0 Å². The van der Waals surface area contributed by atoms with Gasteiger partial charge in [-0.15, -0.1) is 13.2 Å².